The summed E-state index contributed by atoms with van der Waals surface area (Å²) in [5.74, 6) is 0.848. The second-order valence-corrected chi connectivity index (χ2v) is 6.29. The Labute approximate surface area is 141 Å². The predicted molar refractivity (Wildman–Crippen MR) is 89.5 cm³/mol. The van der Waals surface area contributed by atoms with Crippen molar-refractivity contribution >= 4 is 40.9 Å². The van der Waals surface area contributed by atoms with Gasteiger partial charge in [-0.05, 0) is 36.4 Å². The van der Waals surface area contributed by atoms with Crippen LogP contribution in [0.1, 0.15) is 10.4 Å². The lowest BCUT2D eigenvalue weighted by atomic mass is 10.2. The molecule has 0 spiro atoms. The van der Waals surface area contributed by atoms with Crippen molar-refractivity contribution in [1.29, 1.82) is 0 Å². The van der Waals surface area contributed by atoms with Crippen molar-refractivity contribution in [2.24, 2.45) is 4.99 Å². The number of carbonyl (C=O) groups is 1. The summed E-state index contributed by atoms with van der Waals surface area (Å²) in [6.07, 6.45) is 1.65. The summed E-state index contributed by atoms with van der Waals surface area (Å²) in [6.45, 7) is 0. The van der Waals surface area contributed by atoms with Crippen LogP contribution in [0.4, 0.5) is 0 Å². The minimum atomic E-state index is -0.501. The number of carbonyl (C=O) groups excluding carboxylic acids is 1. The minimum Gasteiger partial charge on any atom is -0.493 e. The van der Waals surface area contributed by atoms with E-state index in [-0.39, 0.29) is 11.6 Å². The summed E-state index contributed by atoms with van der Waals surface area (Å²) in [4.78, 5) is 17.0. The maximum Gasteiger partial charge on any atom is 0.363 e. The first-order chi connectivity index (χ1) is 11.1. The second kappa shape index (κ2) is 6.44. The van der Waals surface area contributed by atoms with E-state index in [0.717, 1.165) is 4.88 Å². The lowest BCUT2D eigenvalue weighted by Crippen LogP contribution is -2.05. The molecule has 0 atom stereocenters. The molecule has 0 amide bonds. The highest BCUT2D eigenvalue weighted by atomic mass is 35.5. The molecule has 23 heavy (non-hydrogen) atoms. The Morgan fingerprint density at radius 3 is 2.61 bits per heavy atom. The standard InChI is InChI=1S/C16H12ClNO4S/c1-20-12-5-3-9(7-13(12)21-2)15-18-11(16(19)22-15)8-10-4-6-14(17)23-10/h3-8H,1-2H3/b11-8-. The molecule has 0 radical (unpaired) electrons. The van der Waals surface area contributed by atoms with Crippen LogP contribution in [0.15, 0.2) is 41.0 Å². The number of nitrogens with zero attached hydrogens (tertiary/aromatic N) is 1. The largest absolute Gasteiger partial charge is 0.493 e. The first-order valence-electron chi connectivity index (χ1n) is 6.61. The van der Waals surface area contributed by atoms with E-state index in [4.69, 9.17) is 25.8 Å². The molecular weight excluding hydrogens is 338 g/mol. The van der Waals surface area contributed by atoms with Gasteiger partial charge >= 0.3 is 5.97 Å². The van der Waals surface area contributed by atoms with Gasteiger partial charge in [0.1, 0.15) is 0 Å². The molecule has 1 aromatic heterocycles. The van der Waals surface area contributed by atoms with Gasteiger partial charge in [-0.1, -0.05) is 11.6 Å². The highest BCUT2D eigenvalue weighted by Crippen LogP contribution is 2.30. The van der Waals surface area contributed by atoms with Crippen LogP contribution in [-0.2, 0) is 9.53 Å². The Balaban J connectivity index is 1.93. The lowest BCUT2D eigenvalue weighted by Gasteiger charge is -2.08. The highest BCUT2D eigenvalue weighted by molar-refractivity contribution is 7.17. The molecule has 0 N–H and O–H groups in total. The summed E-state index contributed by atoms with van der Waals surface area (Å²) in [7, 11) is 3.09. The number of ether oxygens (including phenoxy) is 3. The fourth-order valence-electron chi connectivity index (χ4n) is 2.04. The Hall–Kier alpha value is -2.31. The van der Waals surface area contributed by atoms with Crippen molar-refractivity contribution in [2.75, 3.05) is 14.2 Å². The Bertz CT molecular complexity index is 825. The van der Waals surface area contributed by atoms with Gasteiger partial charge in [0, 0.05) is 10.4 Å². The van der Waals surface area contributed by atoms with Crippen LogP contribution >= 0.6 is 22.9 Å². The van der Waals surface area contributed by atoms with E-state index < -0.39 is 5.97 Å². The minimum absolute atomic E-state index is 0.227. The van der Waals surface area contributed by atoms with Crippen LogP contribution in [0.3, 0.4) is 0 Å². The van der Waals surface area contributed by atoms with Gasteiger partial charge in [-0.25, -0.2) is 9.79 Å². The quantitative estimate of drug-likeness (QED) is 0.623. The van der Waals surface area contributed by atoms with Crippen molar-refractivity contribution in [3.8, 4) is 11.5 Å². The van der Waals surface area contributed by atoms with E-state index in [9.17, 15) is 4.79 Å². The van der Waals surface area contributed by atoms with Crippen LogP contribution in [-0.4, -0.2) is 26.1 Å². The van der Waals surface area contributed by atoms with Gasteiger partial charge in [0.05, 0.1) is 18.6 Å². The van der Waals surface area contributed by atoms with E-state index in [2.05, 4.69) is 4.99 Å². The molecule has 3 rings (SSSR count). The molecule has 0 bridgehead atoms. The lowest BCUT2D eigenvalue weighted by molar-refractivity contribution is -0.129. The molecule has 1 aromatic carbocycles. The molecule has 7 heteroatoms. The number of benzene rings is 1. The number of halogens is 1. The second-order valence-electron chi connectivity index (χ2n) is 4.55. The third kappa shape index (κ3) is 3.23. The summed E-state index contributed by atoms with van der Waals surface area (Å²) in [5, 5.41) is 0. The van der Waals surface area contributed by atoms with Gasteiger partial charge in [-0.2, -0.15) is 0 Å². The van der Waals surface area contributed by atoms with Crippen LogP contribution in [0.5, 0.6) is 11.5 Å². The Morgan fingerprint density at radius 1 is 1.17 bits per heavy atom. The zero-order valence-electron chi connectivity index (χ0n) is 12.3. The van der Waals surface area contributed by atoms with Crippen molar-refractivity contribution < 1.29 is 19.0 Å². The normalized spacial score (nSPS) is 15.5. The summed E-state index contributed by atoms with van der Waals surface area (Å²) in [6, 6.07) is 8.76. The molecule has 118 valence electrons. The zero-order chi connectivity index (χ0) is 16.4. The van der Waals surface area contributed by atoms with Crippen molar-refractivity contribution in [3.63, 3.8) is 0 Å². The average molecular weight is 350 g/mol. The average Bonchev–Trinajstić information content (AvgIpc) is 3.13. The molecule has 0 fully saturated rings. The molecule has 5 nitrogen and oxygen atoms in total. The van der Waals surface area contributed by atoms with Gasteiger partial charge in [0.15, 0.2) is 17.2 Å². The molecule has 1 aliphatic rings. The third-order valence-corrected chi connectivity index (χ3v) is 4.30. The number of cyclic esters (lactones) is 1. The molecule has 0 saturated carbocycles. The third-order valence-electron chi connectivity index (χ3n) is 3.12. The van der Waals surface area contributed by atoms with Gasteiger partial charge in [-0.15, -0.1) is 11.3 Å². The SMILES string of the molecule is COc1ccc(C2=N/C(=C\c3ccc(Cl)s3)C(=O)O2)cc1OC. The van der Waals surface area contributed by atoms with Gasteiger partial charge in [-0.3, -0.25) is 0 Å². The number of esters is 1. The van der Waals surface area contributed by atoms with E-state index in [1.807, 2.05) is 6.07 Å². The summed E-state index contributed by atoms with van der Waals surface area (Å²) >= 11 is 7.24. The van der Waals surface area contributed by atoms with Crippen molar-refractivity contribution in [2.45, 2.75) is 0 Å². The molecule has 0 unspecified atom stereocenters. The number of rotatable bonds is 4. The highest BCUT2D eigenvalue weighted by Gasteiger charge is 2.25. The number of methoxy groups -OCH3 is 2. The van der Waals surface area contributed by atoms with E-state index in [1.54, 1.807) is 37.5 Å². The fourth-order valence-corrected chi connectivity index (χ4v) is 3.04. The summed E-state index contributed by atoms with van der Waals surface area (Å²) < 4.78 is 16.3. The summed E-state index contributed by atoms with van der Waals surface area (Å²) in [5.41, 5.74) is 0.858. The Kier molecular flexibility index (Phi) is 4.36. The van der Waals surface area contributed by atoms with E-state index >= 15 is 0 Å². The predicted octanol–water partition coefficient (Wildman–Crippen LogP) is 3.76. The van der Waals surface area contributed by atoms with Gasteiger partial charge in [0.25, 0.3) is 0 Å². The van der Waals surface area contributed by atoms with Crippen LogP contribution in [0.25, 0.3) is 6.08 Å². The number of aliphatic imine (C=N–C) groups is 1. The zero-order valence-corrected chi connectivity index (χ0v) is 13.9. The van der Waals surface area contributed by atoms with E-state index in [0.29, 0.717) is 21.4 Å². The number of thiophene rings is 1. The van der Waals surface area contributed by atoms with Crippen LogP contribution < -0.4 is 9.47 Å². The molecule has 0 saturated heterocycles. The van der Waals surface area contributed by atoms with Crippen LogP contribution in [0, 0.1) is 0 Å². The van der Waals surface area contributed by atoms with Gasteiger partial charge < -0.3 is 14.2 Å². The van der Waals surface area contributed by atoms with Crippen LogP contribution in [0.2, 0.25) is 4.34 Å². The maximum atomic E-state index is 12.0. The molecule has 2 heterocycles. The topological polar surface area (TPSA) is 57.1 Å². The molecular formula is C16H12ClNO4S. The molecule has 1 aliphatic heterocycles. The maximum absolute atomic E-state index is 12.0. The Morgan fingerprint density at radius 2 is 1.96 bits per heavy atom. The van der Waals surface area contributed by atoms with Crippen molar-refractivity contribution in [3.05, 3.63) is 50.8 Å². The molecule has 0 aliphatic carbocycles. The van der Waals surface area contributed by atoms with E-state index in [1.165, 1.54) is 18.4 Å². The first kappa shape index (κ1) is 15.6. The fraction of sp³-hybridized carbons (Fsp3) is 0.125. The smallest absolute Gasteiger partial charge is 0.363 e. The van der Waals surface area contributed by atoms with Crippen molar-refractivity contribution in [1.82, 2.24) is 0 Å². The number of hydrogen-bond donors (Lipinski definition) is 0. The number of hydrogen-bond acceptors (Lipinski definition) is 6. The molecule has 2 aromatic rings. The monoisotopic (exact) mass is 349 g/mol. The van der Waals surface area contributed by atoms with Gasteiger partial charge in [0.2, 0.25) is 5.90 Å². The first-order valence-corrected chi connectivity index (χ1v) is 7.80.